The Labute approximate surface area is 117 Å². The van der Waals surface area contributed by atoms with Gasteiger partial charge in [0.05, 0.1) is 5.92 Å². The molecule has 2 aromatic rings. The van der Waals surface area contributed by atoms with Gasteiger partial charge in [0, 0.05) is 24.8 Å². The SMILES string of the molecule is CN(Cc1csc2ccccc12)C(=O)C1CCNC1. The van der Waals surface area contributed by atoms with Crippen molar-refractivity contribution in [2.45, 2.75) is 13.0 Å². The minimum Gasteiger partial charge on any atom is -0.341 e. The number of benzene rings is 1. The number of nitrogens with one attached hydrogen (secondary N) is 1. The molecule has 0 saturated carbocycles. The Morgan fingerprint density at radius 1 is 1.47 bits per heavy atom. The van der Waals surface area contributed by atoms with Crippen molar-refractivity contribution in [3.63, 3.8) is 0 Å². The van der Waals surface area contributed by atoms with Gasteiger partial charge in [-0.1, -0.05) is 18.2 Å². The molecule has 1 saturated heterocycles. The molecule has 3 nitrogen and oxygen atoms in total. The molecule has 1 fully saturated rings. The van der Waals surface area contributed by atoms with Gasteiger partial charge in [-0.15, -0.1) is 11.3 Å². The molecule has 1 N–H and O–H groups in total. The van der Waals surface area contributed by atoms with Gasteiger partial charge < -0.3 is 10.2 Å². The van der Waals surface area contributed by atoms with E-state index in [0.29, 0.717) is 6.54 Å². The van der Waals surface area contributed by atoms with E-state index in [0.717, 1.165) is 19.5 Å². The van der Waals surface area contributed by atoms with Gasteiger partial charge in [0.25, 0.3) is 0 Å². The lowest BCUT2D eigenvalue weighted by Crippen LogP contribution is -2.33. The molecule has 1 aromatic heterocycles. The molecular formula is C15H18N2OS. The highest BCUT2D eigenvalue weighted by Gasteiger charge is 2.25. The number of nitrogens with zero attached hydrogens (tertiary/aromatic N) is 1. The summed E-state index contributed by atoms with van der Waals surface area (Å²) in [6.07, 6.45) is 0.966. The summed E-state index contributed by atoms with van der Waals surface area (Å²) in [6.45, 7) is 2.50. The molecule has 1 amide bonds. The van der Waals surface area contributed by atoms with Crippen molar-refractivity contribution in [1.29, 1.82) is 0 Å². The zero-order valence-electron chi connectivity index (χ0n) is 11.1. The average Bonchev–Trinajstić information content (AvgIpc) is 3.08. The normalized spacial score (nSPS) is 18.9. The molecule has 1 aliphatic rings. The number of carbonyl (C=O) groups excluding carboxylic acids is 1. The van der Waals surface area contributed by atoms with E-state index in [1.165, 1.54) is 15.6 Å². The Morgan fingerprint density at radius 3 is 3.11 bits per heavy atom. The van der Waals surface area contributed by atoms with Crippen LogP contribution in [0.1, 0.15) is 12.0 Å². The number of fused-ring (bicyclic) bond motifs is 1. The molecule has 0 bridgehead atoms. The molecule has 19 heavy (non-hydrogen) atoms. The van der Waals surface area contributed by atoms with Crippen LogP contribution in [0.25, 0.3) is 10.1 Å². The minimum absolute atomic E-state index is 0.162. The molecular weight excluding hydrogens is 256 g/mol. The molecule has 1 unspecified atom stereocenters. The van der Waals surface area contributed by atoms with Crippen molar-refractivity contribution in [1.82, 2.24) is 10.2 Å². The number of rotatable bonds is 3. The van der Waals surface area contributed by atoms with Gasteiger partial charge in [0.15, 0.2) is 0 Å². The fraction of sp³-hybridized carbons (Fsp3) is 0.400. The van der Waals surface area contributed by atoms with Crippen molar-refractivity contribution >= 4 is 27.3 Å². The van der Waals surface area contributed by atoms with Gasteiger partial charge in [-0.3, -0.25) is 4.79 Å². The van der Waals surface area contributed by atoms with E-state index in [4.69, 9.17) is 0 Å². The molecule has 4 heteroatoms. The van der Waals surface area contributed by atoms with Crippen LogP contribution in [0.3, 0.4) is 0 Å². The highest BCUT2D eigenvalue weighted by Crippen LogP contribution is 2.26. The van der Waals surface area contributed by atoms with Crippen molar-refractivity contribution in [2.24, 2.45) is 5.92 Å². The third-order valence-electron chi connectivity index (χ3n) is 3.75. The smallest absolute Gasteiger partial charge is 0.227 e. The summed E-state index contributed by atoms with van der Waals surface area (Å²) in [6, 6.07) is 8.38. The zero-order valence-corrected chi connectivity index (χ0v) is 11.9. The highest BCUT2D eigenvalue weighted by atomic mass is 32.1. The first-order valence-corrected chi connectivity index (χ1v) is 7.54. The topological polar surface area (TPSA) is 32.3 Å². The van der Waals surface area contributed by atoms with Gasteiger partial charge in [-0.25, -0.2) is 0 Å². The number of hydrogen-bond donors (Lipinski definition) is 1. The van der Waals surface area contributed by atoms with Gasteiger partial charge >= 0.3 is 0 Å². The molecule has 1 aliphatic heterocycles. The maximum Gasteiger partial charge on any atom is 0.227 e. The Morgan fingerprint density at radius 2 is 2.32 bits per heavy atom. The summed E-state index contributed by atoms with van der Waals surface area (Å²) in [5.74, 6) is 0.426. The van der Waals surface area contributed by atoms with Crippen LogP contribution in [0.4, 0.5) is 0 Å². The van der Waals surface area contributed by atoms with Gasteiger partial charge in [-0.2, -0.15) is 0 Å². The fourth-order valence-corrected chi connectivity index (χ4v) is 3.62. The number of amides is 1. The van der Waals surface area contributed by atoms with E-state index in [9.17, 15) is 4.79 Å². The third kappa shape index (κ3) is 2.51. The van der Waals surface area contributed by atoms with Crippen LogP contribution in [0.2, 0.25) is 0 Å². The fourth-order valence-electron chi connectivity index (χ4n) is 2.67. The van der Waals surface area contributed by atoms with E-state index >= 15 is 0 Å². The lowest BCUT2D eigenvalue weighted by Gasteiger charge is -2.20. The quantitative estimate of drug-likeness (QED) is 0.932. The predicted octanol–water partition coefficient (Wildman–Crippen LogP) is 2.47. The average molecular weight is 274 g/mol. The molecule has 3 rings (SSSR count). The largest absolute Gasteiger partial charge is 0.341 e. The Bertz CT molecular complexity index is 587. The summed E-state index contributed by atoms with van der Waals surface area (Å²) in [5.41, 5.74) is 1.25. The van der Waals surface area contributed by atoms with E-state index in [1.807, 2.05) is 11.9 Å². The van der Waals surface area contributed by atoms with E-state index < -0.39 is 0 Å². The van der Waals surface area contributed by atoms with Crippen LogP contribution in [-0.2, 0) is 11.3 Å². The Kier molecular flexibility index (Phi) is 3.53. The van der Waals surface area contributed by atoms with Crippen molar-refractivity contribution in [2.75, 3.05) is 20.1 Å². The van der Waals surface area contributed by atoms with Gasteiger partial charge in [0.1, 0.15) is 0 Å². The van der Waals surface area contributed by atoms with Gasteiger partial charge in [-0.05, 0) is 35.4 Å². The highest BCUT2D eigenvalue weighted by molar-refractivity contribution is 7.17. The lowest BCUT2D eigenvalue weighted by molar-refractivity contribution is -0.134. The van der Waals surface area contributed by atoms with Crippen molar-refractivity contribution < 1.29 is 4.79 Å². The maximum atomic E-state index is 12.3. The first-order valence-electron chi connectivity index (χ1n) is 6.66. The summed E-state index contributed by atoms with van der Waals surface area (Å²) >= 11 is 1.75. The molecule has 2 heterocycles. The molecule has 1 atom stereocenters. The second-order valence-electron chi connectivity index (χ2n) is 5.14. The standard InChI is InChI=1S/C15H18N2OS/c1-17(15(18)11-6-7-16-8-11)9-12-10-19-14-5-3-2-4-13(12)14/h2-5,10-11,16H,6-9H2,1H3. The summed E-state index contributed by atoms with van der Waals surface area (Å²) < 4.78 is 1.29. The van der Waals surface area contributed by atoms with E-state index in [1.54, 1.807) is 11.3 Å². The maximum absolute atomic E-state index is 12.3. The van der Waals surface area contributed by atoms with E-state index in [-0.39, 0.29) is 11.8 Å². The minimum atomic E-state index is 0.162. The van der Waals surface area contributed by atoms with E-state index in [2.05, 4.69) is 35.0 Å². The van der Waals surface area contributed by atoms with Crippen LogP contribution >= 0.6 is 11.3 Å². The van der Waals surface area contributed by atoms with Crippen LogP contribution < -0.4 is 5.32 Å². The third-order valence-corrected chi connectivity index (χ3v) is 4.77. The zero-order chi connectivity index (χ0) is 13.2. The summed E-state index contributed by atoms with van der Waals surface area (Å²) in [5, 5.41) is 6.69. The first kappa shape index (κ1) is 12.6. The summed E-state index contributed by atoms with van der Waals surface area (Å²) in [7, 11) is 1.91. The molecule has 100 valence electrons. The molecule has 1 aromatic carbocycles. The van der Waals surface area contributed by atoms with Gasteiger partial charge in [0.2, 0.25) is 5.91 Å². The predicted molar refractivity (Wildman–Crippen MR) is 79.3 cm³/mol. The molecule has 0 radical (unpaired) electrons. The Balaban J connectivity index is 1.75. The van der Waals surface area contributed by atoms with Crippen LogP contribution in [-0.4, -0.2) is 30.9 Å². The summed E-state index contributed by atoms with van der Waals surface area (Å²) in [4.78, 5) is 14.2. The lowest BCUT2D eigenvalue weighted by atomic mass is 10.1. The monoisotopic (exact) mass is 274 g/mol. The van der Waals surface area contributed by atoms with Crippen LogP contribution in [0.15, 0.2) is 29.6 Å². The second kappa shape index (κ2) is 5.31. The number of hydrogen-bond acceptors (Lipinski definition) is 3. The van der Waals surface area contributed by atoms with Crippen LogP contribution in [0.5, 0.6) is 0 Å². The van der Waals surface area contributed by atoms with Crippen LogP contribution in [0, 0.1) is 5.92 Å². The first-order chi connectivity index (χ1) is 9.25. The number of carbonyl (C=O) groups is 1. The Hall–Kier alpha value is -1.39. The molecule has 0 aliphatic carbocycles. The molecule has 0 spiro atoms. The van der Waals surface area contributed by atoms with Crippen molar-refractivity contribution in [3.8, 4) is 0 Å². The second-order valence-corrected chi connectivity index (χ2v) is 6.05. The van der Waals surface area contributed by atoms with Crippen molar-refractivity contribution in [3.05, 3.63) is 35.2 Å². The number of thiophene rings is 1.